The number of carbonyl (C=O) groups excluding carboxylic acids is 1. The molecule has 0 radical (unpaired) electrons. The molecule has 0 bridgehead atoms. The highest BCUT2D eigenvalue weighted by molar-refractivity contribution is 9.10. The van der Waals surface area contributed by atoms with E-state index in [0.29, 0.717) is 4.47 Å². The van der Waals surface area contributed by atoms with Gasteiger partial charge >= 0.3 is 10.2 Å². The van der Waals surface area contributed by atoms with Gasteiger partial charge in [-0.1, -0.05) is 0 Å². The Morgan fingerprint density at radius 1 is 1.39 bits per heavy atom. The summed E-state index contributed by atoms with van der Waals surface area (Å²) in [6.07, 6.45) is -0.429. The van der Waals surface area contributed by atoms with Gasteiger partial charge in [-0.25, -0.2) is 4.39 Å². The van der Waals surface area contributed by atoms with Gasteiger partial charge < -0.3 is 4.90 Å². The first-order valence-corrected chi connectivity index (χ1v) is 7.22. The zero-order valence-electron chi connectivity index (χ0n) is 8.94. The van der Waals surface area contributed by atoms with Crippen molar-refractivity contribution in [3.05, 3.63) is 28.5 Å². The lowest BCUT2D eigenvalue weighted by atomic mass is 10.3. The molecule has 1 aliphatic rings. The van der Waals surface area contributed by atoms with E-state index < -0.39 is 33.6 Å². The molecule has 1 aliphatic heterocycles. The molecule has 1 heterocycles. The van der Waals surface area contributed by atoms with Crippen LogP contribution in [-0.4, -0.2) is 26.1 Å². The van der Waals surface area contributed by atoms with Gasteiger partial charge in [0.05, 0.1) is 5.69 Å². The summed E-state index contributed by atoms with van der Waals surface area (Å²) in [4.78, 5) is 12.7. The summed E-state index contributed by atoms with van der Waals surface area (Å²) in [7, 11) is -4.77. The van der Waals surface area contributed by atoms with Crippen molar-refractivity contribution in [2.45, 2.75) is 11.7 Å². The van der Waals surface area contributed by atoms with Crippen LogP contribution >= 0.6 is 15.9 Å². The molecule has 0 N–H and O–H groups in total. The fourth-order valence-corrected chi connectivity index (χ4v) is 2.92. The maximum absolute atomic E-state index is 13.1. The van der Waals surface area contributed by atoms with E-state index in [1.807, 2.05) is 0 Å². The predicted molar refractivity (Wildman–Crippen MR) is 64.9 cm³/mol. The van der Waals surface area contributed by atoms with Crippen molar-refractivity contribution in [3.63, 3.8) is 0 Å². The van der Waals surface area contributed by atoms with E-state index in [2.05, 4.69) is 15.9 Å². The van der Waals surface area contributed by atoms with Crippen LogP contribution in [0.5, 0.6) is 0 Å². The average Bonchev–Trinajstić information content (AvgIpc) is 2.64. The third-order valence-electron chi connectivity index (χ3n) is 2.69. The van der Waals surface area contributed by atoms with E-state index in [9.17, 15) is 21.5 Å². The normalized spacial score (nSPS) is 20.5. The number of nitrogens with zero attached hydrogens (tertiary/aromatic N) is 1. The Hall–Kier alpha value is -1.02. The molecular weight excluding hydrogens is 332 g/mol. The third-order valence-corrected chi connectivity index (χ3v) is 4.47. The summed E-state index contributed by atoms with van der Waals surface area (Å²) in [6, 6.07) is 3.68. The number of amides is 1. The van der Waals surface area contributed by atoms with Crippen LogP contribution in [0.4, 0.5) is 14.0 Å². The van der Waals surface area contributed by atoms with Gasteiger partial charge in [-0.3, -0.25) is 4.79 Å². The third kappa shape index (κ3) is 2.54. The van der Waals surface area contributed by atoms with Crippen LogP contribution < -0.4 is 4.90 Å². The van der Waals surface area contributed by atoms with E-state index in [1.165, 1.54) is 12.1 Å². The van der Waals surface area contributed by atoms with Gasteiger partial charge in [-0.05, 0) is 34.1 Å². The molecule has 1 aromatic carbocycles. The molecule has 1 aromatic rings. The van der Waals surface area contributed by atoms with Gasteiger partial charge in [0.2, 0.25) is 5.91 Å². The minimum Gasteiger partial charge on any atom is -0.310 e. The highest BCUT2D eigenvalue weighted by Gasteiger charge is 2.39. The summed E-state index contributed by atoms with van der Waals surface area (Å²) in [5.74, 6) is -1.11. The van der Waals surface area contributed by atoms with Gasteiger partial charge in [0.15, 0.2) is 0 Å². The number of anilines is 1. The van der Waals surface area contributed by atoms with E-state index in [1.54, 1.807) is 0 Å². The molecule has 1 atom stereocenters. The molecule has 4 nitrogen and oxygen atoms in total. The Morgan fingerprint density at radius 3 is 2.61 bits per heavy atom. The Kier molecular flexibility index (Phi) is 3.41. The van der Waals surface area contributed by atoms with Crippen LogP contribution in [0, 0.1) is 5.82 Å². The number of halogens is 3. The van der Waals surface area contributed by atoms with Gasteiger partial charge in [0.1, 0.15) is 11.1 Å². The van der Waals surface area contributed by atoms with E-state index >= 15 is 0 Å². The predicted octanol–water partition coefficient (Wildman–Crippen LogP) is 1.99. The van der Waals surface area contributed by atoms with Crippen LogP contribution in [0.2, 0.25) is 0 Å². The zero-order valence-corrected chi connectivity index (χ0v) is 11.3. The van der Waals surface area contributed by atoms with E-state index in [4.69, 9.17) is 0 Å². The second-order valence-electron chi connectivity index (χ2n) is 3.90. The largest absolute Gasteiger partial charge is 0.310 e. The molecule has 18 heavy (non-hydrogen) atoms. The second kappa shape index (κ2) is 4.58. The van der Waals surface area contributed by atoms with Crippen LogP contribution in [0.1, 0.15) is 6.42 Å². The molecule has 8 heteroatoms. The van der Waals surface area contributed by atoms with Crippen molar-refractivity contribution in [2.75, 3.05) is 11.4 Å². The minimum atomic E-state index is -4.77. The summed E-state index contributed by atoms with van der Waals surface area (Å²) < 4.78 is 47.9. The summed E-state index contributed by atoms with van der Waals surface area (Å²) in [5.41, 5.74) is 0.200. The first-order valence-electron chi connectivity index (χ1n) is 4.98. The molecular formula is C10H8BrF2NO3S. The Balaban J connectivity index is 2.35. The van der Waals surface area contributed by atoms with Gasteiger partial charge in [0, 0.05) is 17.4 Å². The number of hydrogen-bond donors (Lipinski definition) is 0. The maximum atomic E-state index is 13.1. The lowest BCUT2D eigenvalue weighted by Crippen LogP contribution is -2.27. The van der Waals surface area contributed by atoms with Gasteiger partial charge in [-0.15, -0.1) is 3.89 Å². The SMILES string of the molecule is O=C1CC(S(=O)(=O)F)CN1c1cc(F)ccc1Br. The second-order valence-corrected chi connectivity index (χ2v) is 6.37. The lowest BCUT2D eigenvalue weighted by Gasteiger charge is -2.17. The van der Waals surface area contributed by atoms with Gasteiger partial charge in [0.25, 0.3) is 0 Å². The van der Waals surface area contributed by atoms with Crippen molar-refractivity contribution in [1.29, 1.82) is 0 Å². The number of hydrogen-bond acceptors (Lipinski definition) is 3. The molecule has 0 aromatic heterocycles. The van der Waals surface area contributed by atoms with Crippen molar-refractivity contribution in [3.8, 4) is 0 Å². The first-order chi connectivity index (χ1) is 8.29. The fourth-order valence-electron chi connectivity index (χ4n) is 1.79. The van der Waals surface area contributed by atoms with Crippen LogP contribution in [0.3, 0.4) is 0 Å². The smallest absolute Gasteiger partial charge is 0.307 e. The summed E-state index contributed by atoms with van der Waals surface area (Å²) in [6.45, 7) is -0.306. The number of carbonyl (C=O) groups is 1. The van der Waals surface area contributed by atoms with Crippen molar-refractivity contribution >= 4 is 37.7 Å². The molecule has 98 valence electrons. The quantitative estimate of drug-likeness (QED) is 0.774. The van der Waals surface area contributed by atoms with Crippen LogP contribution in [-0.2, 0) is 15.0 Å². The highest BCUT2D eigenvalue weighted by atomic mass is 79.9. The Bertz CT molecular complexity index is 605. The molecule has 1 unspecified atom stereocenters. The standard InChI is InChI=1S/C10H8BrF2NO3S/c11-8-2-1-6(12)3-9(8)14-5-7(4-10(14)15)18(13,16)17/h1-3,7H,4-5H2. The molecule has 1 amide bonds. The lowest BCUT2D eigenvalue weighted by molar-refractivity contribution is -0.117. The van der Waals surface area contributed by atoms with E-state index in [0.717, 1.165) is 11.0 Å². The van der Waals surface area contributed by atoms with Gasteiger partial charge in [-0.2, -0.15) is 8.42 Å². The summed E-state index contributed by atoms with van der Waals surface area (Å²) >= 11 is 3.13. The zero-order chi connectivity index (χ0) is 13.5. The molecule has 1 saturated heterocycles. The van der Waals surface area contributed by atoms with Crippen molar-refractivity contribution in [2.24, 2.45) is 0 Å². The Labute approximate surface area is 111 Å². The molecule has 0 spiro atoms. The maximum Gasteiger partial charge on any atom is 0.307 e. The molecule has 0 saturated carbocycles. The van der Waals surface area contributed by atoms with E-state index in [-0.39, 0.29) is 12.2 Å². The fraction of sp³-hybridized carbons (Fsp3) is 0.300. The number of benzene rings is 1. The molecule has 1 fully saturated rings. The average molecular weight is 340 g/mol. The topological polar surface area (TPSA) is 54.5 Å². The monoisotopic (exact) mass is 339 g/mol. The highest BCUT2D eigenvalue weighted by Crippen LogP contribution is 2.32. The van der Waals surface area contributed by atoms with Crippen molar-refractivity contribution in [1.82, 2.24) is 0 Å². The molecule has 2 rings (SSSR count). The van der Waals surface area contributed by atoms with Crippen LogP contribution in [0.15, 0.2) is 22.7 Å². The first kappa shape index (κ1) is 13.4. The van der Waals surface area contributed by atoms with Crippen molar-refractivity contribution < 1.29 is 21.5 Å². The van der Waals surface area contributed by atoms with Crippen LogP contribution in [0.25, 0.3) is 0 Å². The Morgan fingerprint density at radius 2 is 2.06 bits per heavy atom. The molecule has 0 aliphatic carbocycles. The summed E-state index contributed by atoms with van der Waals surface area (Å²) in [5, 5.41) is -1.39. The number of rotatable bonds is 2. The minimum absolute atomic E-state index is 0.200.